The van der Waals surface area contributed by atoms with Crippen LogP contribution in [0.5, 0.6) is 0 Å². The molecular weight excluding hydrogens is 352 g/mol. The number of nitrogens with zero attached hydrogens (tertiary/aromatic N) is 1. The van der Waals surface area contributed by atoms with Crippen LogP contribution in [0.3, 0.4) is 0 Å². The average Bonchev–Trinajstić information content (AvgIpc) is 2.66. The van der Waals surface area contributed by atoms with Crippen LogP contribution in [0.1, 0.15) is 27.9 Å². The molecule has 0 unspecified atom stereocenters. The van der Waals surface area contributed by atoms with Gasteiger partial charge in [-0.2, -0.15) is 0 Å². The quantitative estimate of drug-likeness (QED) is 0.416. The van der Waals surface area contributed by atoms with Crippen molar-refractivity contribution in [2.75, 3.05) is 6.54 Å². The molecule has 0 saturated carbocycles. The van der Waals surface area contributed by atoms with Gasteiger partial charge in [0, 0.05) is 12.6 Å². The van der Waals surface area contributed by atoms with E-state index in [-0.39, 0.29) is 12.2 Å². The molecular formula is C19H18N2O6. The average molecular weight is 370 g/mol. The monoisotopic (exact) mass is 370 g/mol. The third-order valence-electron chi connectivity index (χ3n) is 3.55. The molecule has 0 fully saturated rings. The molecule has 8 heteroatoms. The number of alkyl carbamates (subject to hydrolysis) is 1. The molecule has 0 aliphatic heterocycles. The molecule has 2 aromatic carbocycles. The Bertz CT molecular complexity index is 849. The molecule has 2 rings (SSSR count). The molecule has 0 spiro atoms. The standard InChI is InChI=1S/C19H18N2O6/c22-18(23)16-12-14(9-10-17(16)21(25)26)6-4-5-11-20-19(24)27-13-15-7-2-1-3-8-15/h1-4,6-10,12H,5,11,13H2,(H,20,24)(H,22,23). The topological polar surface area (TPSA) is 119 Å². The van der Waals surface area contributed by atoms with E-state index in [1.807, 2.05) is 30.3 Å². The number of nitrogens with one attached hydrogen (secondary N) is 1. The van der Waals surface area contributed by atoms with Crippen LogP contribution in [0.4, 0.5) is 10.5 Å². The van der Waals surface area contributed by atoms with Gasteiger partial charge in [-0.25, -0.2) is 9.59 Å². The summed E-state index contributed by atoms with van der Waals surface area (Å²) in [5.41, 5.74) is 0.580. The first-order chi connectivity index (χ1) is 13.0. The van der Waals surface area contributed by atoms with Crippen molar-refractivity contribution in [3.63, 3.8) is 0 Å². The Labute approximate surface area is 155 Å². The largest absolute Gasteiger partial charge is 0.477 e. The van der Waals surface area contributed by atoms with Crippen molar-refractivity contribution in [3.8, 4) is 0 Å². The predicted octanol–water partition coefficient (Wildman–Crippen LogP) is 3.62. The Morgan fingerprint density at radius 3 is 2.59 bits per heavy atom. The number of carbonyl (C=O) groups is 2. The van der Waals surface area contributed by atoms with Crippen LogP contribution in [-0.2, 0) is 11.3 Å². The van der Waals surface area contributed by atoms with Gasteiger partial charge in [-0.15, -0.1) is 0 Å². The van der Waals surface area contributed by atoms with Gasteiger partial charge in [-0.3, -0.25) is 10.1 Å². The Morgan fingerprint density at radius 2 is 1.93 bits per heavy atom. The summed E-state index contributed by atoms with van der Waals surface area (Å²) in [5, 5.41) is 22.5. The van der Waals surface area contributed by atoms with Gasteiger partial charge in [0.15, 0.2) is 0 Å². The van der Waals surface area contributed by atoms with Crippen molar-refractivity contribution in [2.45, 2.75) is 13.0 Å². The lowest BCUT2D eigenvalue weighted by molar-refractivity contribution is -0.385. The van der Waals surface area contributed by atoms with Gasteiger partial charge in [-0.05, 0) is 29.7 Å². The fraction of sp³-hybridized carbons (Fsp3) is 0.158. The number of ether oxygens (including phenoxy) is 1. The summed E-state index contributed by atoms with van der Waals surface area (Å²) >= 11 is 0. The van der Waals surface area contributed by atoms with E-state index in [1.165, 1.54) is 12.1 Å². The van der Waals surface area contributed by atoms with Gasteiger partial charge in [0.2, 0.25) is 0 Å². The fourth-order valence-electron chi connectivity index (χ4n) is 2.24. The Hall–Kier alpha value is -3.68. The number of nitro groups is 1. The molecule has 8 nitrogen and oxygen atoms in total. The van der Waals surface area contributed by atoms with Crippen molar-refractivity contribution >= 4 is 23.8 Å². The number of amides is 1. The molecule has 0 aromatic heterocycles. The zero-order chi connectivity index (χ0) is 19.6. The molecule has 0 bridgehead atoms. The van der Waals surface area contributed by atoms with E-state index in [0.717, 1.165) is 11.6 Å². The van der Waals surface area contributed by atoms with Crippen LogP contribution >= 0.6 is 0 Å². The summed E-state index contributed by atoms with van der Waals surface area (Å²) in [6, 6.07) is 13.1. The number of hydrogen-bond acceptors (Lipinski definition) is 5. The number of aromatic carboxylic acids is 1. The molecule has 2 N–H and O–H groups in total. The third kappa shape index (κ3) is 6.28. The highest BCUT2D eigenvalue weighted by Gasteiger charge is 2.19. The number of rotatable bonds is 8. The normalized spacial score (nSPS) is 10.5. The molecule has 0 aliphatic rings. The fourth-order valence-corrected chi connectivity index (χ4v) is 2.24. The minimum atomic E-state index is -1.36. The summed E-state index contributed by atoms with van der Waals surface area (Å²) in [4.78, 5) is 32.8. The van der Waals surface area contributed by atoms with Crippen molar-refractivity contribution in [1.82, 2.24) is 5.32 Å². The summed E-state index contributed by atoms with van der Waals surface area (Å²) in [7, 11) is 0. The smallest absolute Gasteiger partial charge is 0.407 e. The van der Waals surface area contributed by atoms with Crippen LogP contribution in [0.15, 0.2) is 54.6 Å². The van der Waals surface area contributed by atoms with Crippen molar-refractivity contribution < 1.29 is 24.4 Å². The van der Waals surface area contributed by atoms with Gasteiger partial charge in [0.1, 0.15) is 12.2 Å². The SMILES string of the molecule is O=C(NCCC=Cc1ccc([N+](=O)[O-])c(C(=O)O)c1)OCc1ccccc1. The first kappa shape index (κ1) is 19.6. The van der Waals surface area contributed by atoms with E-state index in [0.29, 0.717) is 18.5 Å². The summed E-state index contributed by atoms with van der Waals surface area (Å²) < 4.78 is 5.07. The maximum atomic E-state index is 11.6. The third-order valence-corrected chi connectivity index (χ3v) is 3.55. The Kier molecular flexibility index (Phi) is 7.07. The Balaban J connectivity index is 1.78. The summed E-state index contributed by atoms with van der Waals surface area (Å²) in [6.07, 6.45) is 3.31. The van der Waals surface area contributed by atoms with Gasteiger partial charge >= 0.3 is 12.1 Å². The highest BCUT2D eigenvalue weighted by Crippen LogP contribution is 2.20. The predicted molar refractivity (Wildman–Crippen MR) is 98.3 cm³/mol. The van der Waals surface area contributed by atoms with Crippen LogP contribution in [0.25, 0.3) is 6.08 Å². The molecule has 0 radical (unpaired) electrons. The minimum absolute atomic E-state index is 0.184. The molecule has 140 valence electrons. The van der Waals surface area contributed by atoms with Crippen LogP contribution in [-0.4, -0.2) is 28.6 Å². The van der Waals surface area contributed by atoms with Crippen LogP contribution in [0.2, 0.25) is 0 Å². The number of nitro benzene ring substituents is 1. The summed E-state index contributed by atoms with van der Waals surface area (Å²) in [5.74, 6) is -1.36. The van der Waals surface area contributed by atoms with Crippen molar-refractivity contribution in [3.05, 3.63) is 81.4 Å². The zero-order valence-electron chi connectivity index (χ0n) is 14.3. The highest BCUT2D eigenvalue weighted by atomic mass is 16.6. The van der Waals surface area contributed by atoms with Gasteiger partial charge in [-0.1, -0.05) is 42.5 Å². The molecule has 1 amide bonds. The molecule has 27 heavy (non-hydrogen) atoms. The lowest BCUT2D eigenvalue weighted by atomic mass is 10.1. The van der Waals surface area contributed by atoms with Gasteiger partial charge in [0.05, 0.1) is 4.92 Å². The maximum absolute atomic E-state index is 11.6. The maximum Gasteiger partial charge on any atom is 0.407 e. The van der Waals surface area contributed by atoms with E-state index in [2.05, 4.69) is 5.32 Å². The second-order valence-corrected chi connectivity index (χ2v) is 5.52. The highest BCUT2D eigenvalue weighted by molar-refractivity contribution is 5.93. The molecule has 0 heterocycles. The van der Waals surface area contributed by atoms with E-state index >= 15 is 0 Å². The van der Waals surface area contributed by atoms with Crippen LogP contribution in [0, 0.1) is 10.1 Å². The van der Waals surface area contributed by atoms with Gasteiger partial charge < -0.3 is 15.2 Å². The second-order valence-electron chi connectivity index (χ2n) is 5.52. The Morgan fingerprint density at radius 1 is 1.19 bits per heavy atom. The second kappa shape index (κ2) is 9.71. The van der Waals surface area contributed by atoms with Crippen LogP contribution < -0.4 is 5.32 Å². The number of benzene rings is 2. The summed E-state index contributed by atoms with van der Waals surface area (Å²) in [6.45, 7) is 0.520. The first-order valence-electron chi connectivity index (χ1n) is 8.10. The van der Waals surface area contributed by atoms with E-state index < -0.39 is 22.7 Å². The van der Waals surface area contributed by atoms with E-state index in [9.17, 15) is 19.7 Å². The first-order valence-corrected chi connectivity index (χ1v) is 8.10. The number of carboxylic acids is 1. The van der Waals surface area contributed by atoms with Gasteiger partial charge in [0.25, 0.3) is 5.69 Å². The zero-order valence-corrected chi connectivity index (χ0v) is 14.3. The molecule has 2 aromatic rings. The van der Waals surface area contributed by atoms with E-state index in [1.54, 1.807) is 12.2 Å². The van der Waals surface area contributed by atoms with Crippen molar-refractivity contribution in [1.29, 1.82) is 0 Å². The lowest BCUT2D eigenvalue weighted by Crippen LogP contribution is -2.24. The number of hydrogen-bond donors (Lipinski definition) is 2. The van der Waals surface area contributed by atoms with E-state index in [4.69, 9.17) is 9.84 Å². The molecule has 0 saturated heterocycles. The number of carboxylic acid groups (broad SMARTS) is 1. The molecule has 0 aliphatic carbocycles. The lowest BCUT2D eigenvalue weighted by Gasteiger charge is -2.06. The van der Waals surface area contributed by atoms with Crippen molar-refractivity contribution in [2.24, 2.45) is 0 Å². The molecule has 0 atom stereocenters. The minimum Gasteiger partial charge on any atom is -0.477 e. The number of carbonyl (C=O) groups excluding carboxylic acids is 1.